The van der Waals surface area contributed by atoms with Crippen LogP contribution < -0.4 is 14.7 Å². The van der Waals surface area contributed by atoms with Gasteiger partial charge in [-0.2, -0.15) is 5.26 Å². The zero-order chi connectivity index (χ0) is 26.9. The Morgan fingerprint density at radius 3 is 2.65 bits per heavy atom. The molecule has 2 aromatic carbocycles. The molecule has 0 aliphatic rings. The second kappa shape index (κ2) is 9.99. The van der Waals surface area contributed by atoms with Crippen molar-refractivity contribution in [2.45, 2.75) is 25.5 Å². The van der Waals surface area contributed by atoms with E-state index in [1.54, 1.807) is 25.1 Å². The summed E-state index contributed by atoms with van der Waals surface area (Å²) in [5, 5.41) is 8.19. The molecule has 0 saturated carbocycles. The fourth-order valence-corrected chi connectivity index (χ4v) is 4.80. The van der Waals surface area contributed by atoms with Crippen LogP contribution in [0.4, 0.5) is 14.5 Å². The molecule has 0 amide bonds. The zero-order valence-corrected chi connectivity index (χ0v) is 20.8. The molecule has 37 heavy (non-hydrogen) atoms. The molecule has 4 rings (SSSR count). The molecule has 2 heterocycles. The number of aryl methyl sites for hydroxylation is 1. The highest BCUT2D eigenvalue weighted by Gasteiger charge is 2.28. The van der Waals surface area contributed by atoms with Crippen molar-refractivity contribution in [1.29, 1.82) is 5.26 Å². The average Bonchev–Trinajstić information content (AvgIpc) is 2.87. The molecular formula is C26H21F2N3O5S. The number of aromatic nitrogens is 1. The first-order chi connectivity index (χ1) is 17.5. The second-order valence-corrected chi connectivity index (χ2v) is 10.5. The fraction of sp³-hybridized carbons (Fsp3) is 0.192. The molecule has 4 aromatic rings. The Labute approximate surface area is 211 Å². The number of hydrogen-bond donors (Lipinski definition) is 0. The summed E-state index contributed by atoms with van der Waals surface area (Å²) in [5.41, 5.74) is 0.0192. The molecule has 0 bridgehead atoms. The minimum absolute atomic E-state index is 0.0736. The number of pyridine rings is 1. The first-order valence-corrected chi connectivity index (χ1v) is 12.5. The molecule has 11 heteroatoms. The summed E-state index contributed by atoms with van der Waals surface area (Å²) >= 11 is 0. The first kappa shape index (κ1) is 25.8. The lowest BCUT2D eigenvalue weighted by atomic mass is 9.99. The van der Waals surface area contributed by atoms with Gasteiger partial charge < -0.3 is 9.15 Å². The van der Waals surface area contributed by atoms with Crippen LogP contribution in [0.15, 0.2) is 63.9 Å². The summed E-state index contributed by atoms with van der Waals surface area (Å²) in [6.07, 6.45) is 1.21. The maximum Gasteiger partial charge on any atom is 0.340 e. The summed E-state index contributed by atoms with van der Waals surface area (Å²) in [4.78, 5) is 16.7. The van der Waals surface area contributed by atoms with Crippen LogP contribution in [0.1, 0.15) is 23.6 Å². The van der Waals surface area contributed by atoms with Gasteiger partial charge in [0.1, 0.15) is 11.3 Å². The minimum atomic E-state index is -4.12. The average molecular weight is 526 g/mol. The van der Waals surface area contributed by atoms with E-state index in [9.17, 15) is 17.6 Å². The maximum absolute atomic E-state index is 15.4. The van der Waals surface area contributed by atoms with Crippen molar-refractivity contribution < 1.29 is 26.4 Å². The van der Waals surface area contributed by atoms with Crippen LogP contribution in [-0.2, 0) is 16.4 Å². The lowest BCUT2D eigenvalue weighted by molar-refractivity contribution is 0.422. The van der Waals surface area contributed by atoms with Gasteiger partial charge in [0, 0.05) is 36.7 Å². The van der Waals surface area contributed by atoms with Gasteiger partial charge in [0.15, 0.2) is 16.9 Å². The number of nitriles is 1. The molecule has 1 unspecified atom stereocenters. The number of ether oxygens (including phenoxy) is 1. The van der Waals surface area contributed by atoms with Gasteiger partial charge in [0.05, 0.1) is 11.8 Å². The first-order valence-electron chi connectivity index (χ1n) is 11.0. The number of nitrogens with zero attached hydrogens (tertiary/aromatic N) is 3. The van der Waals surface area contributed by atoms with Gasteiger partial charge in [0.2, 0.25) is 0 Å². The van der Waals surface area contributed by atoms with E-state index in [0.717, 1.165) is 11.4 Å². The highest BCUT2D eigenvalue weighted by Crippen LogP contribution is 2.30. The van der Waals surface area contributed by atoms with E-state index in [1.807, 2.05) is 0 Å². The summed E-state index contributed by atoms with van der Waals surface area (Å²) in [7, 11) is -2.95. The molecule has 0 saturated heterocycles. The minimum Gasteiger partial charge on any atom is -0.436 e. The predicted octanol–water partition coefficient (Wildman–Crippen LogP) is 4.84. The fourth-order valence-electron chi connectivity index (χ4n) is 3.78. The predicted molar refractivity (Wildman–Crippen MR) is 133 cm³/mol. The van der Waals surface area contributed by atoms with E-state index in [0.29, 0.717) is 10.9 Å². The van der Waals surface area contributed by atoms with Crippen molar-refractivity contribution in [2.24, 2.45) is 0 Å². The van der Waals surface area contributed by atoms with Gasteiger partial charge in [-0.3, -0.25) is 4.31 Å². The standard InChI is InChI=1S/C26H21F2N3O5S/c1-15(14-29)37(33,34)31(3)22-8-4-6-17(24(22)28)12-20-16(2)19-10-9-18(13-23(19)36-26(20)32)35-25-21(27)7-5-11-30-25/h4-11,13,15H,12H2,1-3H3. The number of halogens is 2. The van der Waals surface area contributed by atoms with Gasteiger partial charge in [-0.05, 0) is 55.3 Å². The summed E-state index contributed by atoms with van der Waals surface area (Å²) in [6.45, 7) is 2.89. The number of sulfonamides is 1. The number of anilines is 1. The summed E-state index contributed by atoms with van der Waals surface area (Å²) in [6, 6.07) is 13.1. The van der Waals surface area contributed by atoms with Crippen molar-refractivity contribution in [1.82, 2.24) is 4.98 Å². The lowest BCUT2D eigenvalue weighted by Crippen LogP contribution is -2.34. The van der Waals surface area contributed by atoms with E-state index in [-0.39, 0.29) is 40.4 Å². The Bertz CT molecular complexity index is 1710. The molecule has 8 nitrogen and oxygen atoms in total. The summed E-state index contributed by atoms with van der Waals surface area (Å²) in [5.74, 6) is -1.52. The monoisotopic (exact) mass is 525 g/mol. The van der Waals surface area contributed by atoms with E-state index < -0.39 is 32.5 Å². The molecule has 0 aliphatic heterocycles. The molecule has 1 atom stereocenters. The molecule has 0 N–H and O–H groups in total. The lowest BCUT2D eigenvalue weighted by Gasteiger charge is -2.22. The van der Waals surface area contributed by atoms with Crippen LogP contribution >= 0.6 is 0 Å². The number of hydrogen-bond acceptors (Lipinski definition) is 7. The Kier molecular flexibility index (Phi) is 6.96. The molecule has 0 radical (unpaired) electrons. The van der Waals surface area contributed by atoms with Crippen LogP contribution in [0.3, 0.4) is 0 Å². The highest BCUT2D eigenvalue weighted by molar-refractivity contribution is 7.93. The van der Waals surface area contributed by atoms with E-state index in [4.69, 9.17) is 14.4 Å². The van der Waals surface area contributed by atoms with E-state index >= 15 is 4.39 Å². The molecule has 2 aromatic heterocycles. The normalized spacial score (nSPS) is 12.2. The smallest absolute Gasteiger partial charge is 0.340 e. The number of benzene rings is 2. The quantitative estimate of drug-likeness (QED) is 0.317. The van der Waals surface area contributed by atoms with Crippen LogP contribution in [0, 0.1) is 29.9 Å². The topological polar surface area (TPSA) is 114 Å². The van der Waals surface area contributed by atoms with Crippen molar-refractivity contribution >= 4 is 26.7 Å². The van der Waals surface area contributed by atoms with Crippen molar-refractivity contribution in [3.8, 4) is 17.7 Å². The molecule has 0 spiro atoms. The van der Waals surface area contributed by atoms with E-state index in [2.05, 4.69) is 4.98 Å². The van der Waals surface area contributed by atoms with Crippen molar-refractivity contribution in [3.05, 3.63) is 93.5 Å². The molecule has 190 valence electrons. The highest BCUT2D eigenvalue weighted by atomic mass is 32.2. The Morgan fingerprint density at radius 2 is 1.95 bits per heavy atom. The molecular weight excluding hydrogens is 504 g/mol. The van der Waals surface area contributed by atoms with E-state index in [1.165, 1.54) is 49.5 Å². The third kappa shape index (κ3) is 4.88. The van der Waals surface area contributed by atoms with Gasteiger partial charge in [-0.15, -0.1) is 0 Å². The summed E-state index contributed by atoms with van der Waals surface area (Å²) < 4.78 is 66.0. The zero-order valence-electron chi connectivity index (χ0n) is 20.0. The van der Waals surface area contributed by atoms with Crippen LogP contribution in [0.2, 0.25) is 0 Å². The van der Waals surface area contributed by atoms with Gasteiger partial charge in [0.25, 0.3) is 15.9 Å². The van der Waals surface area contributed by atoms with Gasteiger partial charge in [-0.1, -0.05) is 12.1 Å². The van der Waals surface area contributed by atoms with Crippen LogP contribution in [0.25, 0.3) is 11.0 Å². The van der Waals surface area contributed by atoms with Crippen LogP contribution in [-0.4, -0.2) is 25.7 Å². The van der Waals surface area contributed by atoms with Gasteiger partial charge >= 0.3 is 5.63 Å². The van der Waals surface area contributed by atoms with Gasteiger partial charge in [-0.25, -0.2) is 27.0 Å². The third-order valence-electron chi connectivity index (χ3n) is 5.97. The third-order valence-corrected chi connectivity index (χ3v) is 7.93. The number of fused-ring (bicyclic) bond motifs is 1. The second-order valence-electron chi connectivity index (χ2n) is 8.25. The molecule has 0 fully saturated rings. The largest absolute Gasteiger partial charge is 0.436 e. The Morgan fingerprint density at radius 1 is 1.19 bits per heavy atom. The number of rotatable bonds is 7. The Hall–Kier alpha value is -4.30. The maximum atomic E-state index is 15.4. The SMILES string of the molecule is Cc1c(Cc2cccc(N(C)S(=O)(=O)C(C)C#N)c2F)c(=O)oc2cc(Oc3ncccc3F)ccc12. The molecule has 0 aliphatic carbocycles. The van der Waals surface area contributed by atoms with Crippen LogP contribution in [0.5, 0.6) is 11.6 Å². The van der Waals surface area contributed by atoms with Crippen molar-refractivity contribution in [3.63, 3.8) is 0 Å². The Balaban J connectivity index is 1.70. The van der Waals surface area contributed by atoms with Crippen molar-refractivity contribution in [2.75, 3.05) is 11.4 Å².